The maximum atomic E-state index is 6.23. The molecule has 0 radical (unpaired) electrons. The summed E-state index contributed by atoms with van der Waals surface area (Å²) >= 11 is 0. The molecule has 0 aliphatic heterocycles. The van der Waals surface area contributed by atoms with Gasteiger partial charge in [-0.25, -0.2) is 0 Å². The number of methoxy groups -OCH3 is 1. The van der Waals surface area contributed by atoms with Crippen LogP contribution in [0.5, 0.6) is 0 Å². The van der Waals surface area contributed by atoms with E-state index in [-0.39, 0.29) is 11.6 Å². The number of nitrogens with two attached hydrogens (primary N) is 1. The molecule has 1 aliphatic rings. The largest absolute Gasteiger partial charge is 0.469 e. The summed E-state index contributed by atoms with van der Waals surface area (Å²) in [5, 5.41) is 0. The first-order valence-electron chi connectivity index (χ1n) is 5.60. The lowest BCUT2D eigenvalue weighted by molar-refractivity contribution is -0.0263. The van der Waals surface area contributed by atoms with E-state index in [0.29, 0.717) is 0 Å². The van der Waals surface area contributed by atoms with E-state index in [1.54, 1.807) is 13.4 Å². The number of hydrogen-bond donors (Lipinski definition) is 1. The summed E-state index contributed by atoms with van der Waals surface area (Å²) in [5.41, 5.74) is 6.11. The average Bonchev–Trinajstić information content (AvgIpc) is 2.87. The van der Waals surface area contributed by atoms with Gasteiger partial charge in [-0.1, -0.05) is 12.8 Å². The number of rotatable bonds is 4. The van der Waals surface area contributed by atoms with Crippen LogP contribution in [0.3, 0.4) is 0 Å². The van der Waals surface area contributed by atoms with Crippen molar-refractivity contribution in [3.05, 3.63) is 24.2 Å². The Morgan fingerprint density at radius 1 is 1.53 bits per heavy atom. The van der Waals surface area contributed by atoms with Crippen molar-refractivity contribution in [2.24, 2.45) is 5.73 Å². The predicted octanol–water partition coefficient (Wildman–Crippen LogP) is 2.11. The smallest absolute Gasteiger partial charge is 0.105 e. The Morgan fingerprint density at radius 2 is 2.27 bits per heavy atom. The minimum Gasteiger partial charge on any atom is -0.469 e. The van der Waals surface area contributed by atoms with Crippen molar-refractivity contribution in [2.45, 2.75) is 43.7 Å². The SMILES string of the molecule is COC1(C(N)Cc2ccco2)CCCC1. The van der Waals surface area contributed by atoms with Crippen LogP contribution in [0, 0.1) is 0 Å². The Balaban J connectivity index is 2.02. The summed E-state index contributed by atoms with van der Waals surface area (Å²) in [7, 11) is 1.77. The zero-order valence-electron chi connectivity index (χ0n) is 9.24. The van der Waals surface area contributed by atoms with E-state index in [4.69, 9.17) is 14.9 Å². The summed E-state index contributed by atoms with van der Waals surface area (Å²) in [5.74, 6) is 0.950. The monoisotopic (exact) mass is 209 g/mol. The van der Waals surface area contributed by atoms with E-state index in [2.05, 4.69) is 0 Å². The van der Waals surface area contributed by atoms with E-state index in [1.807, 2.05) is 12.1 Å². The molecule has 1 aromatic rings. The highest BCUT2D eigenvalue weighted by Gasteiger charge is 2.39. The normalized spacial score (nSPS) is 21.7. The van der Waals surface area contributed by atoms with Crippen molar-refractivity contribution in [1.29, 1.82) is 0 Å². The fourth-order valence-corrected chi connectivity index (χ4v) is 2.53. The second-order valence-electron chi connectivity index (χ2n) is 4.37. The van der Waals surface area contributed by atoms with Gasteiger partial charge in [0.05, 0.1) is 11.9 Å². The molecule has 0 amide bonds. The van der Waals surface area contributed by atoms with Gasteiger partial charge in [-0.15, -0.1) is 0 Å². The molecule has 0 spiro atoms. The topological polar surface area (TPSA) is 48.4 Å². The van der Waals surface area contributed by atoms with Crippen LogP contribution in [0.15, 0.2) is 22.8 Å². The minimum absolute atomic E-state index is 0.0381. The third-order valence-corrected chi connectivity index (χ3v) is 3.53. The fraction of sp³-hybridized carbons (Fsp3) is 0.667. The van der Waals surface area contributed by atoms with Gasteiger partial charge in [0.1, 0.15) is 5.76 Å². The van der Waals surface area contributed by atoms with Crippen LogP contribution in [0.2, 0.25) is 0 Å². The predicted molar refractivity (Wildman–Crippen MR) is 58.6 cm³/mol. The Hall–Kier alpha value is -0.800. The second kappa shape index (κ2) is 4.37. The molecule has 0 bridgehead atoms. The molecule has 1 fully saturated rings. The summed E-state index contributed by atoms with van der Waals surface area (Å²) in [4.78, 5) is 0. The first kappa shape index (κ1) is 10.7. The molecule has 2 N–H and O–H groups in total. The zero-order valence-corrected chi connectivity index (χ0v) is 9.24. The second-order valence-corrected chi connectivity index (χ2v) is 4.37. The van der Waals surface area contributed by atoms with Gasteiger partial charge in [-0.2, -0.15) is 0 Å². The van der Waals surface area contributed by atoms with Crippen LogP contribution in [0.1, 0.15) is 31.4 Å². The van der Waals surface area contributed by atoms with E-state index < -0.39 is 0 Å². The standard InChI is InChI=1S/C12H19NO2/c1-14-12(6-2-3-7-12)11(13)9-10-5-4-8-15-10/h4-5,8,11H,2-3,6-7,9,13H2,1H3. The Bertz CT molecular complexity index is 289. The Morgan fingerprint density at radius 3 is 2.80 bits per heavy atom. The fourth-order valence-electron chi connectivity index (χ4n) is 2.53. The van der Waals surface area contributed by atoms with E-state index in [9.17, 15) is 0 Å². The summed E-state index contributed by atoms with van der Waals surface area (Å²) < 4.78 is 11.0. The van der Waals surface area contributed by atoms with Gasteiger partial charge in [0.15, 0.2) is 0 Å². The highest BCUT2D eigenvalue weighted by molar-refractivity contribution is 5.05. The summed E-state index contributed by atoms with van der Waals surface area (Å²) in [6.45, 7) is 0. The van der Waals surface area contributed by atoms with Crippen LogP contribution < -0.4 is 5.73 Å². The molecular weight excluding hydrogens is 190 g/mol. The quantitative estimate of drug-likeness (QED) is 0.826. The van der Waals surface area contributed by atoms with Gasteiger partial charge in [0.2, 0.25) is 0 Å². The van der Waals surface area contributed by atoms with Crippen LogP contribution in [-0.2, 0) is 11.2 Å². The first-order chi connectivity index (χ1) is 7.27. The lowest BCUT2D eigenvalue weighted by Crippen LogP contribution is -2.48. The Kier molecular flexibility index (Phi) is 3.12. The summed E-state index contributed by atoms with van der Waals surface area (Å²) in [6.07, 6.45) is 7.05. The Labute approximate surface area is 90.6 Å². The molecule has 1 saturated carbocycles. The molecule has 0 saturated heterocycles. The van der Waals surface area contributed by atoms with Gasteiger partial charge in [0, 0.05) is 19.6 Å². The van der Waals surface area contributed by atoms with Gasteiger partial charge in [0.25, 0.3) is 0 Å². The van der Waals surface area contributed by atoms with Gasteiger partial charge < -0.3 is 14.9 Å². The molecule has 1 atom stereocenters. The van der Waals surface area contributed by atoms with Gasteiger partial charge in [-0.3, -0.25) is 0 Å². The van der Waals surface area contributed by atoms with Crippen molar-refractivity contribution in [3.63, 3.8) is 0 Å². The molecule has 84 valence electrons. The third kappa shape index (κ3) is 2.08. The van der Waals surface area contributed by atoms with Crippen molar-refractivity contribution in [2.75, 3.05) is 7.11 Å². The van der Waals surface area contributed by atoms with E-state index in [1.165, 1.54) is 12.8 Å². The highest BCUT2D eigenvalue weighted by Crippen LogP contribution is 2.35. The molecule has 0 aromatic carbocycles. The number of hydrogen-bond acceptors (Lipinski definition) is 3. The lowest BCUT2D eigenvalue weighted by Gasteiger charge is -2.33. The van der Waals surface area contributed by atoms with Gasteiger partial charge >= 0.3 is 0 Å². The van der Waals surface area contributed by atoms with Crippen LogP contribution in [0.4, 0.5) is 0 Å². The van der Waals surface area contributed by atoms with Crippen LogP contribution >= 0.6 is 0 Å². The van der Waals surface area contributed by atoms with Crippen molar-refractivity contribution < 1.29 is 9.15 Å². The lowest BCUT2D eigenvalue weighted by atomic mass is 9.90. The average molecular weight is 209 g/mol. The van der Waals surface area contributed by atoms with Gasteiger partial charge in [-0.05, 0) is 25.0 Å². The maximum Gasteiger partial charge on any atom is 0.105 e. The molecule has 1 unspecified atom stereocenters. The first-order valence-corrected chi connectivity index (χ1v) is 5.60. The molecule has 1 aliphatic carbocycles. The zero-order chi connectivity index (χ0) is 10.7. The number of furan rings is 1. The molecule has 15 heavy (non-hydrogen) atoms. The van der Waals surface area contributed by atoms with E-state index in [0.717, 1.165) is 25.0 Å². The maximum absolute atomic E-state index is 6.23. The number of ether oxygens (including phenoxy) is 1. The van der Waals surface area contributed by atoms with E-state index >= 15 is 0 Å². The molecule has 2 rings (SSSR count). The van der Waals surface area contributed by atoms with Crippen LogP contribution in [0.25, 0.3) is 0 Å². The minimum atomic E-state index is -0.118. The molecule has 3 nitrogen and oxygen atoms in total. The van der Waals surface area contributed by atoms with Crippen molar-refractivity contribution >= 4 is 0 Å². The van der Waals surface area contributed by atoms with Crippen molar-refractivity contribution in [3.8, 4) is 0 Å². The molecule has 1 aromatic heterocycles. The molecule has 3 heteroatoms. The molecular formula is C12H19NO2. The summed E-state index contributed by atoms with van der Waals surface area (Å²) in [6, 6.07) is 3.91. The highest BCUT2D eigenvalue weighted by atomic mass is 16.5. The van der Waals surface area contributed by atoms with Crippen LogP contribution in [-0.4, -0.2) is 18.8 Å². The molecule has 1 heterocycles. The third-order valence-electron chi connectivity index (χ3n) is 3.53. The van der Waals surface area contributed by atoms with Crippen molar-refractivity contribution in [1.82, 2.24) is 0 Å².